The Labute approximate surface area is 300 Å². The second kappa shape index (κ2) is 13.6. The van der Waals surface area contributed by atoms with Crippen molar-refractivity contribution in [2.45, 2.75) is 74.9 Å². The van der Waals surface area contributed by atoms with E-state index in [0.717, 1.165) is 62.2 Å². The molecule has 1 saturated carbocycles. The minimum absolute atomic E-state index is 0.127. The number of benzene rings is 2. The summed E-state index contributed by atoms with van der Waals surface area (Å²) in [6, 6.07) is 11.2. The summed E-state index contributed by atoms with van der Waals surface area (Å²) in [5.41, 5.74) is 0.497. The first-order valence-electron chi connectivity index (χ1n) is 17.9. The number of nitrogens with zero attached hydrogens (tertiary/aromatic N) is 3. The molecule has 11 nitrogen and oxygen atoms in total. The lowest BCUT2D eigenvalue weighted by molar-refractivity contribution is -0.148. The van der Waals surface area contributed by atoms with E-state index in [1.54, 1.807) is 25.2 Å². The number of hydrogen-bond acceptors (Lipinski definition) is 8. The van der Waals surface area contributed by atoms with Crippen LogP contribution in [-0.2, 0) is 42.0 Å². The molecule has 2 aromatic carbocycles. The molecule has 1 saturated heterocycles. The van der Waals surface area contributed by atoms with E-state index in [0.29, 0.717) is 60.5 Å². The highest BCUT2D eigenvalue weighted by Crippen LogP contribution is 2.48. The van der Waals surface area contributed by atoms with Gasteiger partial charge in [0.2, 0.25) is 5.91 Å². The van der Waals surface area contributed by atoms with Crippen molar-refractivity contribution >= 4 is 39.3 Å². The summed E-state index contributed by atoms with van der Waals surface area (Å²) in [6.07, 6.45) is 7.24. The molecule has 5 aliphatic rings. The number of amides is 2. The molecule has 3 aliphatic heterocycles. The molecule has 4 bridgehead atoms. The van der Waals surface area contributed by atoms with Crippen LogP contribution in [0.4, 0.5) is 5.69 Å². The van der Waals surface area contributed by atoms with Crippen molar-refractivity contribution in [2.24, 2.45) is 17.8 Å². The Morgan fingerprint density at radius 1 is 1.12 bits per heavy atom. The van der Waals surface area contributed by atoms with Crippen LogP contribution in [-0.4, -0.2) is 94.6 Å². The number of aliphatic hydroxyl groups is 1. The predicted octanol–water partition coefficient (Wildman–Crippen LogP) is 4.00. The third-order valence-corrected chi connectivity index (χ3v) is 13.8. The van der Waals surface area contributed by atoms with Crippen molar-refractivity contribution in [3.05, 3.63) is 58.1 Å². The molecule has 2 N–H and O–H groups in total. The average molecular weight is 729 g/mol. The average Bonchev–Trinajstić information content (AvgIpc) is 3.21. The Morgan fingerprint density at radius 2 is 1.94 bits per heavy atom. The van der Waals surface area contributed by atoms with E-state index in [1.807, 2.05) is 10.8 Å². The molecule has 272 valence electrons. The fourth-order valence-electron chi connectivity index (χ4n) is 8.89. The molecule has 7 rings (SSSR count). The highest BCUT2D eigenvalue weighted by atomic mass is 35.5. The SMILES string of the molecule is CN1CC[C@@H]2CCO[C@@H](C2)[C@@H]2CC[C@H]2CN2C[C@@]3(CCCc4cc(Cl)ccc43)COc3ccc(cc32)[C@@](O)(C(=O)NS(=O)(=O)N(C)C)CC1=O. The topological polar surface area (TPSA) is 129 Å². The normalized spacial score (nSPS) is 31.6. The molecule has 2 amide bonds. The lowest BCUT2D eigenvalue weighted by atomic mass is 9.67. The summed E-state index contributed by atoms with van der Waals surface area (Å²) in [7, 11) is -0.0257. The minimum Gasteiger partial charge on any atom is -0.490 e. The monoisotopic (exact) mass is 728 g/mol. The maximum absolute atomic E-state index is 13.9. The Balaban J connectivity index is 1.34. The van der Waals surface area contributed by atoms with Gasteiger partial charge in [-0.25, -0.2) is 4.72 Å². The Morgan fingerprint density at radius 3 is 2.70 bits per heavy atom. The summed E-state index contributed by atoms with van der Waals surface area (Å²) in [5, 5.41) is 13.0. The molecule has 13 heteroatoms. The first-order chi connectivity index (χ1) is 23.8. The van der Waals surface area contributed by atoms with Crippen LogP contribution in [0.25, 0.3) is 0 Å². The van der Waals surface area contributed by atoms with E-state index in [4.69, 9.17) is 21.1 Å². The Bertz CT molecular complexity index is 1760. The Hall–Kier alpha value is -2.90. The number of fused-ring (bicyclic) bond motifs is 7. The van der Waals surface area contributed by atoms with Gasteiger partial charge in [-0.15, -0.1) is 0 Å². The molecule has 1 spiro atoms. The van der Waals surface area contributed by atoms with Crippen LogP contribution in [0.2, 0.25) is 5.02 Å². The van der Waals surface area contributed by atoms with Crippen LogP contribution >= 0.6 is 11.6 Å². The van der Waals surface area contributed by atoms with E-state index >= 15 is 0 Å². The number of rotatable bonds is 3. The molecular formula is C37H49ClN4O7S. The van der Waals surface area contributed by atoms with Crippen LogP contribution < -0.4 is 14.4 Å². The zero-order chi connectivity index (χ0) is 35.4. The highest BCUT2D eigenvalue weighted by Gasteiger charge is 2.48. The lowest BCUT2D eigenvalue weighted by Crippen LogP contribution is -2.52. The van der Waals surface area contributed by atoms with Gasteiger partial charge in [0.05, 0.1) is 24.8 Å². The van der Waals surface area contributed by atoms with Crippen molar-refractivity contribution in [2.75, 3.05) is 58.9 Å². The van der Waals surface area contributed by atoms with Crippen molar-refractivity contribution < 1.29 is 32.6 Å². The molecule has 2 fully saturated rings. The second-order valence-corrected chi connectivity index (χ2v) is 17.8. The maximum Gasteiger partial charge on any atom is 0.303 e. The smallest absolute Gasteiger partial charge is 0.303 e. The van der Waals surface area contributed by atoms with E-state index < -0.39 is 34.0 Å². The van der Waals surface area contributed by atoms with Crippen LogP contribution in [0.5, 0.6) is 5.75 Å². The van der Waals surface area contributed by atoms with Gasteiger partial charge >= 0.3 is 10.2 Å². The largest absolute Gasteiger partial charge is 0.490 e. The molecule has 3 heterocycles. The third-order valence-electron chi connectivity index (χ3n) is 12.1. The van der Waals surface area contributed by atoms with Crippen LogP contribution in [0, 0.1) is 17.8 Å². The van der Waals surface area contributed by atoms with Gasteiger partial charge in [0.15, 0.2) is 5.60 Å². The summed E-state index contributed by atoms with van der Waals surface area (Å²) in [4.78, 5) is 31.5. The van der Waals surface area contributed by atoms with Gasteiger partial charge in [0.1, 0.15) is 5.75 Å². The molecule has 2 aromatic rings. The van der Waals surface area contributed by atoms with Gasteiger partial charge < -0.3 is 24.4 Å². The summed E-state index contributed by atoms with van der Waals surface area (Å²) in [6.45, 7) is 2.99. The van der Waals surface area contributed by atoms with Crippen molar-refractivity contribution in [3.8, 4) is 5.75 Å². The van der Waals surface area contributed by atoms with E-state index in [-0.39, 0.29) is 17.1 Å². The number of anilines is 1. The van der Waals surface area contributed by atoms with Gasteiger partial charge in [-0.2, -0.15) is 12.7 Å². The van der Waals surface area contributed by atoms with Crippen LogP contribution in [0.15, 0.2) is 36.4 Å². The van der Waals surface area contributed by atoms with E-state index in [9.17, 15) is 23.1 Å². The minimum atomic E-state index is -4.27. The molecule has 2 aliphatic carbocycles. The van der Waals surface area contributed by atoms with Crippen molar-refractivity contribution in [1.29, 1.82) is 0 Å². The number of ether oxygens (including phenoxy) is 2. The summed E-state index contributed by atoms with van der Waals surface area (Å²) >= 11 is 6.46. The van der Waals surface area contributed by atoms with Gasteiger partial charge in [0, 0.05) is 57.8 Å². The van der Waals surface area contributed by atoms with Gasteiger partial charge in [0.25, 0.3) is 5.91 Å². The van der Waals surface area contributed by atoms with Crippen LogP contribution in [0.1, 0.15) is 68.1 Å². The summed E-state index contributed by atoms with van der Waals surface area (Å²) < 4.78 is 41.6. The number of carbonyl (C=O) groups is 2. The molecular weight excluding hydrogens is 680 g/mol. The van der Waals surface area contributed by atoms with Crippen molar-refractivity contribution in [1.82, 2.24) is 13.9 Å². The van der Waals surface area contributed by atoms with Gasteiger partial charge in [-0.3, -0.25) is 9.59 Å². The maximum atomic E-state index is 13.9. The Kier molecular flexibility index (Phi) is 9.64. The fraction of sp³-hybridized carbons (Fsp3) is 0.622. The standard InChI is InChI=1S/C37H49ClN4O7S/c1-40(2)50(46,47)39-35(44)37(45)20-34(43)41(3)15-12-24-13-16-48-33(17-24)29-9-6-26(29)21-42-22-36(23-49-32-11-7-27(37)19-31(32)42)14-4-5-25-18-28(38)8-10-30(25)36/h7-8,10-11,18-19,24,26,29,33,45H,4-6,9,12-17,20-23H2,1-3H3,(H,39,44)/t24-,26+,29-,33+,36+,37-/m1/s1. The van der Waals surface area contributed by atoms with Crippen LogP contribution in [0.3, 0.4) is 0 Å². The number of carbonyl (C=O) groups excluding carboxylic acids is 2. The molecule has 50 heavy (non-hydrogen) atoms. The zero-order valence-electron chi connectivity index (χ0n) is 29.2. The number of halogens is 1. The number of hydrogen-bond donors (Lipinski definition) is 2. The molecule has 0 radical (unpaired) electrons. The lowest BCUT2D eigenvalue weighted by Gasteiger charge is -2.48. The third kappa shape index (κ3) is 6.62. The number of aryl methyl sites for hydroxylation is 1. The zero-order valence-corrected chi connectivity index (χ0v) is 30.8. The highest BCUT2D eigenvalue weighted by molar-refractivity contribution is 7.87. The van der Waals surface area contributed by atoms with E-state index in [2.05, 4.69) is 17.0 Å². The molecule has 6 atom stereocenters. The number of nitrogens with one attached hydrogen (secondary N) is 1. The molecule has 0 aromatic heterocycles. The van der Waals surface area contributed by atoms with Gasteiger partial charge in [-0.1, -0.05) is 23.7 Å². The summed E-state index contributed by atoms with van der Waals surface area (Å²) in [5.74, 6) is 0.154. The molecule has 0 unspecified atom stereocenters. The predicted molar refractivity (Wildman–Crippen MR) is 190 cm³/mol. The van der Waals surface area contributed by atoms with Gasteiger partial charge in [-0.05, 0) is 110 Å². The fourth-order valence-corrected chi connectivity index (χ4v) is 9.67. The first-order valence-corrected chi connectivity index (χ1v) is 19.7. The van der Waals surface area contributed by atoms with Crippen molar-refractivity contribution in [3.63, 3.8) is 0 Å². The second-order valence-electron chi connectivity index (χ2n) is 15.4. The first kappa shape index (κ1) is 35.5. The van der Waals surface area contributed by atoms with E-state index in [1.165, 1.54) is 30.1 Å². The quantitative estimate of drug-likeness (QED) is 0.486.